The van der Waals surface area contributed by atoms with Gasteiger partial charge in [0.15, 0.2) is 0 Å². The molecular formula is C34H40Cl2N6. The molecule has 0 aliphatic carbocycles. The van der Waals surface area contributed by atoms with Crippen molar-refractivity contribution >= 4 is 39.9 Å². The number of anilines is 1. The third kappa shape index (κ3) is 7.42. The number of hydrogen-bond donors (Lipinski definition) is 1. The molecule has 0 spiro atoms. The van der Waals surface area contributed by atoms with Crippen molar-refractivity contribution in [3.8, 4) is 0 Å². The van der Waals surface area contributed by atoms with Crippen LogP contribution in [0, 0.1) is 0 Å². The summed E-state index contributed by atoms with van der Waals surface area (Å²) < 4.78 is 0. The molecule has 0 saturated carbocycles. The van der Waals surface area contributed by atoms with E-state index in [4.69, 9.17) is 33.2 Å². The van der Waals surface area contributed by atoms with Crippen LogP contribution in [0.4, 0.5) is 5.82 Å². The molecule has 0 amide bonds. The molecule has 1 N–H and O–H groups in total. The lowest BCUT2D eigenvalue weighted by molar-refractivity contribution is 0.103. The van der Waals surface area contributed by atoms with Gasteiger partial charge in [-0.05, 0) is 86.4 Å². The fourth-order valence-electron chi connectivity index (χ4n) is 6.31. The van der Waals surface area contributed by atoms with E-state index in [1.807, 2.05) is 24.3 Å². The third-order valence-corrected chi connectivity index (χ3v) is 9.05. The molecule has 8 heteroatoms. The Balaban J connectivity index is 1.11. The zero-order valence-corrected chi connectivity index (χ0v) is 25.7. The van der Waals surface area contributed by atoms with Gasteiger partial charge in [-0.25, -0.2) is 9.97 Å². The fraction of sp³-hybridized carbons (Fsp3) is 0.412. The van der Waals surface area contributed by atoms with Crippen molar-refractivity contribution < 1.29 is 0 Å². The van der Waals surface area contributed by atoms with Crippen molar-refractivity contribution in [3.05, 3.63) is 99.8 Å². The van der Waals surface area contributed by atoms with Gasteiger partial charge in [0.2, 0.25) is 0 Å². The summed E-state index contributed by atoms with van der Waals surface area (Å²) in [4.78, 5) is 17.6. The Morgan fingerprint density at radius 2 is 1.33 bits per heavy atom. The average molecular weight is 604 g/mol. The van der Waals surface area contributed by atoms with E-state index >= 15 is 0 Å². The summed E-state index contributed by atoms with van der Waals surface area (Å²) in [6.45, 7) is 9.11. The minimum atomic E-state index is 0.152. The molecule has 6 rings (SSSR count). The highest BCUT2D eigenvalue weighted by Gasteiger charge is 2.27. The third-order valence-electron chi connectivity index (χ3n) is 8.55. The van der Waals surface area contributed by atoms with Gasteiger partial charge < -0.3 is 10.2 Å². The van der Waals surface area contributed by atoms with Gasteiger partial charge in [-0.2, -0.15) is 0 Å². The molecule has 0 unspecified atom stereocenters. The lowest BCUT2D eigenvalue weighted by atomic mass is 9.96. The van der Waals surface area contributed by atoms with Gasteiger partial charge in [0.25, 0.3) is 0 Å². The van der Waals surface area contributed by atoms with Crippen molar-refractivity contribution in [1.29, 1.82) is 0 Å². The Bertz CT molecular complexity index is 1390. The molecule has 2 aliphatic rings. The summed E-state index contributed by atoms with van der Waals surface area (Å²) in [5.74, 6) is 1.84. The van der Waals surface area contributed by atoms with Crippen molar-refractivity contribution in [2.75, 3.05) is 57.7 Å². The molecule has 0 bridgehead atoms. The highest BCUT2D eigenvalue weighted by molar-refractivity contribution is 6.30. The minimum absolute atomic E-state index is 0.152. The summed E-state index contributed by atoms with van der Waals surface area (Å²) in [7, 11) is 0. The second-order valence-electron chi connectivity index (χ2n) is 11.5. The van der Waals surface area contributed by atoms with E-state index in [0.717, 1.165) is 84.8 Å². The first kappa shape index (κ1) is 29.3. The first-order chi connectivity index (χ1) is 20.6. The van der Waals surface area contributed by atoms with Gasteiger partial charge in [-0.1, -0.05) is 66.0 Å². The molecular weight excluding hydrogens is 563 g/mol. The number of nitrogens with zero attached hydrogens (tertiary/aromatic N) is 5. The molecule has 0 atom stereocenters. The van der Waals surface area contributed by atoms with Crippen LogP contribution in [-0.2, 0) is 6.54 Å². The van der Waals surface area contributed by atoms with E-state index in [1.54, 1.807) is 0 Å². The molecule has 220 valence electrons. The van der Waals surface area contributed by atoms with Crippen LogP contribution < -0.4 is 5.32 Å². The largest absolute Gasteiger partial charge is 0.369 e. The van der Waals surface area contributed by atoms with Gasteiger partial charge in [-0.15, -0.1) is 0 Å². The number of hydrogen-bond acceptors (Lipinski definition) is 6. The van der Waals surface area contributed by atoms with Gasteiger partial charge in [0.05, 0.1) is 18.1 Å². The maximum Gasteiger partial charge on any atom is 0.145 e. The van der Waals surface area contributed by atoms with Gasteiger partial charge in [0, 0.05) is 48.2 Å². The maximum absolute atomic E-state index is 6.22. The van der Waals surface area contributed by atoms with E-state index in [9.17, 15) is 0 Å². The van der Waals surface area contributed by atoms with Crippen molar-refractivity contribution in [3.63, 3.8) is 0 Å². The van der Waals surface area contributed by atoms with Crippen LogP contribution in [0.1, 0.15) is 48.7 Å². The van der Waals surface area contributed by atoms with Crippen LogP contribution in [0.15, 0.2) is 72.8 Å². The number of likely N-dealkylation sites (tertiary alicyclic amines) is 1. The average Bonchev–Trinajstić information content (AvgIpc) is 3.02. The monoisotopic (exact) mass is 602 g/mol. The van der Waals surface area contributed by atoms with Gasteiger partial charge in [-0.3, -0.25) is 9.80 Å². The molecule has 42 heavy (non-hydrogen) atoms. The number of halogens is 2. The molecule has 3 aromatic carbocycles. The van der Waals surface area contributed by atoms with Crippen molar-refractivity contribution in [1.82, 2.24) is 24.7 Å². The lowest BCUT2D eigenvalue weighted by Gasteiger charge is -2.39. The molecule has 4 aromatic rings. The van der Waals surface area contributed by atoms with E-state index in [-0.39, 0.29) is 6.04 Å². The summed E-state index contributed by atoms with van der Waals surface area (Å²) in [6, 6.07) is 25.0. The van der Waals surface area contributed by atoms with Crippen LogP contribution in [0.5, 0.6) is 0 Å². The summed E-state index contributed by atoms with van der Waals surface area (Å²) in [5, 5.41) is 6.25. The summed E-state index contributed by atoms with van der Waals surface area (Å²) >= 11 is 12.4. The fourth-order valence-corrected chi connectivity index (χ4v) is 6.56. The van der Waals surface area contributed by atoms with Crippen LogP contribution in [0.2, 0.25) is 10.0 Å². The quantitative estimate of drug-likeness (QED) is 0.195. The summed E-state index contributed by atoms with van der Waals surface area (Å²) in [6.07, 6.45) is 5.18. The molecule has 2 saturated heterocycles. The molecule has 2 fully saturated rings. The lowest BCUT2D eigenvalue weighted by Crippen LogP contribution is -2.47. The van der Waals surface area contributed by atoms with Crippen LogP contribution >= 0.6 is 23.2 Å². The zero-order chi connectivity index (χ0) is 28.7. The second-order valence-corrected chi connectivity index (χ2v) is 12.4. The number of benzene rings is 3. The normalized spacial score (nSPS) is 17.2. The predicted molar refractivity (Wildman–Crippen MR) is 175 cm³/mol. The topological polar surface area (TPSA) is 47.5 Å². The van der Waals surface area contributed by atoms with E-state index in [0.29, 0.717) is 0 Å². The van der Waals surface area contributed by atoms with Gasteiger partial charge >= 0.3 is 0 Å². The summed E-state index contributed by atoms with van der Waals surface area (Å²) in [5.41, 5.74) is 3.48. The standard InChI is InChI=1S/C34H40Cl2N6/c35-28-13-9-26(10-14-28)33(27-11-15-29(36)16-12-27)42-23-21-41(22-24-42)25-32-38-31-8-3-2-7-30(31)34(39-32)37-17-6-20-40-18-4-1-5-19-40/h2-3,7-16,33H,1,4-6,17-25H2,(H,37,38,39). The Labute approximate surface area is 259 Å². The van der Waals surface area contributed by atoms with E-state index in [1.165, 1.54) is 43.5 Å². The number of rotatable bonds is 10. The van der Waals surface area contributed by atoms with Crippen LogP contribution in [0.25, 0.3) is 10.9 Å². The van der Waals surface area contributed by atoms with Crippen LogP contribution in [-0.4, -0.2) is 77.0 Å². The number of piperazine rings is 1. The molecule has 1 aromatic heterocycles. The first-order valence-electron chi connectivity index (χ1n) is 15.3. The molecule has 2 aliphatic heterocycles. The Kier molecular flexibility index (Phi) is 9.89. The Morgan fingerprint density at radius 3 is 2.00 bits per heavy atom. The zero-order valence-electron chi connectivity index (χ0n) is 24.2. The smallest absolute Gasteiger partial charge is 0.145 e. The van der Waals surface area contributed by atoms with Gasteiger partial charge in [0.1, 0.15) is 11.6 Å². The van der Waals surface area contributed by atoms with Crippen LogP contribution in [0.3, 0.4) is 0 Å². The first-order valence-corrected chi connectivity index (χ1v) is 16.1. The second kappa shape index (κ2) is 14.2. The van der Waals surface area contributed by atoms with Crippen molar-refractivity contribution in [2.45, 2.75) is 38.3 Å². The molecule has 0 radical (unpaired) electrons. The maximum atomic E-state index is 6.22. The number of fused-ring (bicyclic) bond motifs is 1. The Hall–Kier alpha value is -2.74. The number of para-hydroxylation sites is 1. The minimum Gasteiger partial charge on any atom is -0.369 e. The van der Waals surface area contributed by atoms with E-state index < -0.39 is 0 Å². The number of nitrogens with one attached hydrogen (secondary N) is 1. The Morgan fingerprint density at radius 1 is 0.690 bits per heavy atom. The highest BCUT2D eigenvalue weighted by Crippen LogP contribution is 2.31. The van der Waals surface area contributed by atoms with E-state index in [2.05, 4.69) is 68.5 Å². The number of aromatic nitrogens is 2. The highest BCUT2D eigenvalue weighted by atomic mass is 35.5. The predicted octanol–water partition coefficient (Wildman–Crippen LogP) is 7.13. The van der Waals surface area contributed by atoms with Crippen molar-refractivity contribution in [2.24, 2.45) is 0 Å². The SMILES string of the molecule is Clc1ccc(C(c2ccc(Cl)cc2)N2CCN(Cc3nc(NCCCN4CCCCC4)c4ccccc4n3)CC2)cc1. The number of piperidine rings is 1. The molecule has 6 nitrogen and oxygen atoms in total. The molecule has 3 heterocycles.